The molecule has 0 radical (unpaired) electrons. The number of carbonyl (C=O) groups is 2. The van der Waals surface area contributed by atoms with Crippen molar-refractivity contribution in [2.24, 2.45) is 0 Å². The predicted molar refractivity (Wildman–Crippen MR) is 116 cm³/mol. The first-order chi connectivity index (χ1) is 14.6. The molecule has 2 atom stereocenters. The monoisotopic (exact) mass is 409 g/mol. The van der Waals surface area contributed by atoms with Crippen molar-refractivity contribution in [1.82, 2.24) is 15.2 Å². The van der Waals surface area contributed by atoms with Gasteiger partial charge in [0.2, 0.25) is 5.91 Å². The molecule has 1 aliphatic carbocycles. The molecule has 2 heterocycles. The number of aromatic amines is 1. The Morgan fingerprint density at radius 1 is 1.10 bits per heavy atom. The van der Waals surface area contributed by atoms with Gasteiger partial charge in [-0.25, -0.2) is 0 Å². The molecule has 6 nitrogen and oxygen atoms in total. The van der Waals surface area contributed by atoms with Gasteiger partial charge in [-0.05, 0) is 50.3 Å². The Morgan fingerprint density at radius 3 is 2.57 bits per heavy atom. The third kappa shape index (κ3) is 4.59. The summed E-state index contributed by atoms with van der Waals surface area (Å²) in [5.41, 5.74) is 2.46. The van der Waals surface area contributed by atoms with Gasteiger partial charge in [0.1, 0.15) is 11.7 Å². The Bertz CT molecular complexity index is 852. The Hall–Kier alpha value is -2.60. The van der Waals surface area contributed by atoms with E-state index in [0.29, 0.717) is 12.2 Å². The van der Waals surface area contributed by atoms with Gasteiger partial charge in [-0.2, -0.15) is 0 Å². The molecule has 2 amide bonds. The first-order valence-corrected chi connectivity index (χ1v) is 11.1. The number of carbonyl (C=O) groups excluding carboxylic acids is 2. The predicted octanol–water partition coefficient (Wildman–Crippen LogP) is 3.75. The topological polar surface area (TPSA) is 74.4 Å². The molecule has 30 heavy (non-hydrogen) atoms. The van der Waals surface area contributed by atoms with Gasteiger partial charge in [0.15, 0.2) is 0 Å². The average Bonchev–Trinajstić information content (AvgIpc) is 3.55. The molecule has 2 N–H and O–H groups in total. The van der Waals surface area contributed by atoms with E-state index in [1.165, 1.54) is 0 Å². The summed E-state index contributed by atoms with van der Waals surface area (Å²) in [7, 11) is 0. The van der Waals surface area contributed by atoms with Crippen LogP contribution in [0.5, 0.6) is 0 Å². The largest absolute Gasteiger partial charge is 0.376 e. The molecule has 2 aromatic rings. The third-order valence-corrected chi connectivity index (χ3v) is 6.28. The summed E-state index contributed by atoms with van der Waals surface area (Å²) in [5.74, 6) is -0.218. The van der Waals surface area contributed by atoms with E-state index in [0.717, 1.165) is 56.4 Å². The Labute approximate surface area is 178 Å². The second kappa shape index (κ2) is 9.47. The van der Waals surface area contributed by atoms with Crippen molar-refractivity contribution in [3.63, 3.8) is 0 Å². The van der Waals surface area contributed by atoms with E-state index in [2.05, 4.69) is 10.3 Å². The first kappa shape index (κ1) is 20.7. The van der Waals surface area contributed by atoms with Gasteiger partial charge in [0.05, 0.1) is 6.10 Å². The van der Waals surface area contributed by atoms with Crippen molar-refractivity contribution in [2.75, 3.05) is 13.2 Å². The molecule has 0 unspecified atom stereocenters. The second-order valence-corrected chi connectivity index (χ2v) is 8.36. The van der Waals surface area contributed by atoms with Crippen LogP contribution in [-0.4, -0.2) is 53.0 Å². The molecule has 4 rings (SSSR count). The van der Waals surface area contributed by atoms with Gasteiger partial charge in [0, 0.05) is 24.9 Å². The minimum atomic E-state index is -0.523. The maximum atomic E-state index is 13.5. The zero-order valence-corrected chi connectivity index (χ0v) is 17.6. The van der Waals surface area contributed by atoms with Crippen molar-refractivity contribution >= 4 is 11.8 Å². The van der Waals surface area contributed by atoms with Crippen molar-refractivity contribution in [3.8, 4) is 11.3 Å². The lowest BCUT2D eigenvalue weighted by Crippen LogP contribution is -2.52. The van der Waals surface area contributed by atoms with Gasteiger partial charge in [-0.3, -0.25) is 9.59 Å². The molecule has 2 aliphatic rings. The number of amides is 2. The number of rotatable bonds is 7. The zero-order chi connectivity index (χ0) is 20.9. The van der Waals surface area contributed by atoms with Crippen molar-refractivity contribution in [1.29, 1.82) is 0 Å². The third-order valence-electron chi connectivity index (χ3n) is 6.28. The molecule has 1 saturated heterocycles. The van der Waals surface area contributed by atoms with Gasteiger partial charge in [-0.1, -0.05) is 43.2 Å². The molecule has 0 spiro atoms. The van der Waals surface area contributed by atoms with Crippen LogP contribution in [0.15, 0.2) is 42.5 Å². The number of hydrogen-bond acceptors (Lipinski definition) is 3. The standard InChI is InChI=1S/C24H31N3O3/c1-17(23(28)25-16-20-12-7-15-30-20)27(19-10-5-6-11-19)24(29)22-14-13-21(26-22)18-8-3-2-4-9-18/h2-4,8-9,13-14,17,19-20,26H,5-7,10-12,15-16H2,1H3,(H,25,28)/t17-,20-/m0/s1. The van der Waals surface area contributed by atoms with Crippen LogP contribution in [-0.2, 0) is 9.53 Å². The molecule has 6 heteroatoms. The number of ether oxygens (including phenoxy) is 1. The van der Waals surface area contributed by atoms with Crippen LogP contribution in [0, 0.1) is 0 Å². The number of nitrogens with one attached hydrogen (secondary N) is 2. The first-order valence-electron chi connectivity index (χ1n) is 11.1. The summed E-state index contributed by atoms with van der Waals surface area (Å²) in [6.07, 6.45) is 6.19. The van der Waals surface area contributed by atoms with Crippen LogP contribution in [0.1, 0.15) is 55.9 Å². The second-order valence-electron chi connectivity index (χ2n) is 8.36. The highest BCUT2D eigenvalue weighted by Gasteiger charge is 2.35. The van der Waals surface area contributed by atoms with Gasteiger partial charge in [-0.15, -0.1) is 0 Å². The lowest BCUT2D eigenvalue weighted by Gasteiger charge is -2.33. The maximum absolute atomic E-state index is 13.5. The molecule has 1 aliphatic heterocycles. The number of hydrogen-bond donors (Lipinski definition) is 2. The van der Waals surface area contributed by atoms with Crippen LogP contribution in [0.4, 0.5) is 0 Å². The van der Waals surface area contributed by atoms with Crippen LogP contribution in [0.2, 0.25) is 0 Å². The van der Waals surface area contributed by atoms with Gasteiger partial charge >= 0.3 is 0 Å². The van der Waals surface area contributed by atoms with Crippen molar-refractivity contribution in [2.45, 2.75) is 63.6 Å². The Morgan fingerprint density at radius 2 is 1.87 bits per heavy atom. The molecular formula is C24H31N3O3. The molecular weight excluding hydrogens is 378 g/mol. The van der Waals surface area contributed by atoms with Crippen LogP contribution in [0.25, 0.3) is 11.3 Å². The van der Waals surface area contributed by atoms with E-state index >= 15 is 0 Å². The maximum Gasteiger partial charge on any atom is 0.271 e. The van der Waals surface area contributed by atoms with Crippen LogP contribution < -0.4 is 5.32 Å². The smallest absolute Gasteiger partial charge is 0.271 e. The summed E-state index contributed by atoms with van der Waals surface area (Å²) in [6, 6.07) is 13.3. The van der Waals surface area contributed by atoms with Crippen LogP contribution in [0.3, 0.4) is 0 Å². The van der Waals surface area contributed by atoms with E-state index in [1.807, 2.05) is 49.4 Å². The van der Waals surface area contributed by atoms with Gasteiger partial charge < -0.3 is 19.9 Å². The number of benzene rings is 1. The van der Waals surface area contributed by atoms with Crippen molar-refractivity contribution in [3.05, 3.63) is 48.2 Å². The quantitative estimate of drug-likeness (QED) is 0.731. The number of nitrogens with zero attached hydrogens (tertiary/aromatic N) is 1. The minimum absolute atomic E-state index is 0.0913. The molecule has 0 bridgehead atoms. The zero-order valence-electron chi connectivity index (χ0n) is 17.6. The fraction of sp³-hybridized carbons (Fsp3) is 0.500. The summed E-state index contributed by atoms with van der Waals surface area (Å²) < 4.78 is 5.60. The summed E-state index contributed by atoms with van der Waals surface area (Å²) >= 11 is 0. The van der Waals surface area contributed by atoms with E-state index in [9.17, 15) is 9.59 Å². The van der Waals surface area contributed by atoms with E-state index in [1.54, 1.807) is 4.90 Å². The summed E-state index contributed by atoms with van der Waals surface area (Å²) in [4.78, 5) is 31.4. The highest BCUT2D eigenvalue weighted by molar-refractivity contribution is 5.97. The molecule has 2 fully saturated rings. The highest BCUT2D eigenvalue weighted by atomic mass is 16.5. The Kier molecular flexibility index (Phi) is 6.53. The molecule has 1 saturated carbocycles. The molecule has 1 aromatic carbocycles. The molecule has 1 aromatic heterocycles. The summed E-state index contributed by atoms with van der Waals surface area (Å²) in [5, 5.41) is 3.00. The fourth-order valence-corrected chi connectivity index (χ4v) is 4.58. The van der Waals surface area contributed by atoms with Crippen molar-refractivity contribution < 1.29 is 14.3 Å². The fourth-order valence-electron chi connectivity index (χ4n) is 4.58. The number of aromatic nitrogens is 1. The lowest BCUT2D eigenvalue weighted by atomic mass is 10.1. The SMILES string of the molecule is C[C@@H](C(=O)NC[C@@H]1CCCO1)N(C(=O)c1ccc(-c2ccccc2)[nH]1)C1CCCC1. The minimum Gasteiger partial charge on any atom is -0.376 e. The number of H-pyrrole nitrogens is 1. The Balaban J connectivity index is 1.49. The average molecular weight is 410 g/mol. The molecule has 160 valence electrons. The van der Waals surface area contributed by atoms with Gasteiger partial charge in [0.25, 0.3) is 5.91 Å². The normalized spacial score (nSPS) is 20.2. The summed E-state index contributed by atoms with van der Waals surface area (Å²) in [6.45, 7) is 3.11. The lowest BCUT2D eigenvalue weighted by molar-refractivity contribution is -0.126. The van der Waals surface area contributed by atoms with Crippen LogP contribution >= 0.6 is 0 Å². The highest BCUT2D eigenvalue weighted by Crippen LogP contribution is 2.28. The van der Waals surface area contributed by atoms with E-state index in [-0.39, 0.29) is 24.0 Å². The van der Waals surface area contributed by atoms with E-state index in [4.69, 9.17) is 4.74 Å². The van der Waals surface area contributed by atoms with E-state index < -0.39 is 6.04 Å².